The molecule has 0 aromatic heterocycles. The molecule has 0 amide bonds. The predicted molar refractivity (Wildman–Crippen MR) is 66.8 cm³/mol. The van der Waals surface area contributed by atoms with E-state index in [9.17, 15) is 13.2 Å². The van der Waals surface area contributed by atoms with Crippen LogP contribution in [0.4, 0.5) is 0 Å². The average Bonchev–Trinajstić information content (AvgIpc) is 2.28. The number of carbonyl (C=O) groups is 1. The summed E-state index contributed by atoms with van der Waals surface area (Å²) in [6.07, 6.45) is 1.70. The summed E-state index contributed by atoms with van der Waals surface area (Å²) in [4.78, 5) is 10.8. The van der Waals surface area contributed by atoms with E-state index in [4.69, 9.17) is 20.5 Å². The van der Waals surface area contributed by atoms with E-state index in [1.807, 2.05) is 6.92 Å². The molecule has 1 N–H and O–H groups in total. The van der Waals surface area contributed by atoms with E-state index in [1.165, 1.54) is 12.1 Å². The molecule has 100 valence electrons. The predicted octanol–water partition coefficient (Wildman–Crippen LogP) is 2.49. The summed E-state index contributed by atoms with van der Waals surface area (Å²) in [6.45, 7) is 2.36. The molecule has 0 aliphatic rings. The van der Waals surface area contributed by atoms with Gasteiger partial charge < -0.3 is 9.84 Å². The van der Waals surface area contributed by atoms with Gasteiger partial charge in [-0.05, 0) is 24.6 Å². The largest absolute Gasteiger partial charge is 0.493 e. The number of ether oxygens (including phenoxy) is 1. The van der Waals surface area contributed by atoms with Crippen molar-refractivity contribution in [2.75, 3.05) is 6.61 Å². The number of hydrogen-bond acceptors (Lipinski definition) is 4. The highest BCUT2D eigenvalue weighted by molar-refractivity contribution is 8.13. The molecule has 1 aromatic rings. The zero-order chi connectivity index (χ0) is 13.8. The van der Waals surface area contributed by atoms with Crippen LogP contribution in [0.1, 0.15) is 30.1 Å². The quantitative estimate of drug-likeness (QED) is 0.643. The van der Waals surface area contributed by atoms with Gasteiger partial charge in [0.15, 0.2) is 0 Å². The summed E-state index contributed by atoms with van der Waals surface area (Å²) in [5.74, 6) is -1.12. The van der Waals surface area contributed by atoms with Crippen LogP contribution in [-0.2, 0) is 9.05 Å². The Morgan fingerprint density at radius 3 is 2.61 bits per heavy atom. The van der Waals surface area contributed by atoms with Crippen LogP contribution >= 0.6 is 10.7 Å². The second-order valence-electron chi connectivity index (χ2n) is 3.60. The van der Waals surface area contributed by atoms with Crippen molar-refractivity contribution in [3.8, 4) is 5.75 Å². The Kier molecular flexibility index (Phi) is 4.98. The highest BCUT2D eigenvalue weighted by Gasteiger charge is 2.17. The fourth-order valence-electron chi connectivity index (χ4n) is 1.28. The van der Waals surface area contributed by atoms with Gasteiger partial charge in [-0.25, -0.2) is 13.2 Å². The lowest BCUT2D eigenvalue weighted by atomic mass is 10.2. The molecular weight excluding hydrogens is 280 g/mol. The third-order valence-corrected chi connectivity index (χ3v) is 3.57. The van der Waals surface area contributed by atoms with Crippen molar-refractivity contribution >= 4 is 25.7 Å². The Balaban J connectivity index is 3.09. The van der Waals surface area contributed by atoms with Crippen LogP contribution in [0.2, 0.25) is 0 Å². The van der Waals surface area contributed by atoms with Gasteiger partial charge in [0.1, 0.15) is 11.3 Å². The van der Waals surface area contributed by atoms with Gasteiger partial charge in [-0.3, -0.25) is 0 Å². The average molecular weight is 293 g/mol. The van der Waals surface area contributed by atoms with Gasteiger partial charge in [-0.1, -0.05) is 13.3 Å². The maximum atomic E-state index is 11.1. The molecule has 0 aliphatic carbocycles. The SMILES string of the molecule is CCCCOc1ccc(S(=O)(=O)Cl)cc1C(=O)O. The number of rotatable bonds is 6. The van der Waals surface area contributed by atoms with Crippen LogP contribution in [-0.4, -0.2) is 26.1 Å². The van der Waals surface area contributed by atoms with Gasteiger partial charge >= 0.3 is 5.97 Å². The zero-order valence-electron chi connectivity index (χ0n) is 9.72. The molecule has 0 atom stereocenters. The molecule has 0 aliphatic heterocycles. The molecule has 0 radical (unpaired) electrons. The van der Waals surface area contributed by atoms with Crippen molar-refractivity contribution in [3.05, 3.63) is 23.8 Å². The lowest BCUT2D eigenvalue weighted by molar-refractivity contribution is 0.0692. The summed E-state index contributed by atoms with van der Waals surface area (Å²) >= 11 is 0. The fourth-order valence-corrected chi connectivity index (χ4v) is 2.06. The van der Waals surface area contributed by atoms with Gasteiger partial charge in [0.25, 0.3) is 9.05 Å². The van der Waals surface area contributed by atoms with Crippen LogP contribution < -0.4 is 4.74 Å². The third kappa shape index (κ3) is 3.89. The molecule has 0 heterocycles. The molecule has 0 spiro atoms. The Morgan fingerprint density at radius 2 is 2.11 bits per heavy atom. The van der Waals surface area contributed by atoms with E-state index < -0.39 is 15.0 Å². The minimum absolute atomic E-state index is 0.139. The maximum absolute atomic E-state index is 11.1. The molecule has 0 saturated heterocycles. The first-order valence-electron chi connectivity index (χ1n) is 5.31. The molecule has 1 rings (SSSR count). The lowest BCUT2D eigenvalue weighted by Gasteiger charge is -2.09. The van der Waals surface area contributed by atoms with Gasteiger partial charge in [0.05, 0.1) is 11.5 Å². The summed E-state index contributed by atoms with van der Waals surface area (Å²) in [5.41, 5.74) is -0.215. The summed E-state index contributed by atoms with van der Waals surface area (Å²) in [6, 6.07) is 3.51. The number of hydrogen-bond donors (Lipinski definition) is 1. The number of benzene rings is 1. The number of aromatic carboxylic acids is 1. The van der Waals surface area contributed by atoms with Crippen LogP contribution in [0.5, 0.6) is 5.75 Å². The number of unbranched alkanes of at least 4 members (excludes halogenated alkanes) is 1. The molecule has 0 bridgehead atoms. The lowest BCUT2D eigenvalue weighted by Crippen LogP contribution is -2.06. The van der Waals surface area contributed by atoms with Gasteiger partial charge in [0, 0.05) is 10.7 Å². The Bertz CT molecular complexity index is 538. The highest BCUT2D eigenvalue weighted by Crippen LogP contribution is 2.25. The van der Waals surface area contributed by atoms with Crippen molar-refractivity contribution in [2.45, 2.75) is 24.7 Å². The highest BCUT2D eigenvalue weighted by atomic mass is 35.7. The normalized spacial score (nSPS) is 11.2. The molecular formula is C11H13ClO5S. The topological polar surface area (TPSA) is 80.7 Å². The van der Waals surface area contributed by atoms with E-state index in [1.54, 1.807) is 0 Å². The number of halogens is 1. The first-order chi connectivity index (χ1) is 8.36. The van der Waals surface area contributed by atoms with Crippen molar-refractivity contribution in [1.29, 1.82) is 0 Å². The minimum atomic E-state index is -3.95. The van der Waals surface area contributed by atoms with Crippen LogP contribution in [0.25, 0.3) is 0 Å². The Morgan fingerprint density at radius 1 is 1.44 bits per heavy atom. The van der Waals surface area contributed by atoms with E-state index in [-0.39, 0.29) is 16.2 Å². The fraction of sp³-hybridized carbons (Fsp3) is 0.364. The van der Waals surface area contributed by atoms with Crippen molar-refractivity contribution in [2.24, 2.45) is 0 Å². The molecule has 0 unspecified atom stereocenters. The van der Waals surface area contributed by atoms with E-state index in [0.717, 1.165) is 18.9 Å². The van der Waals surface area contributed by atoms with Gasteiger partial charge in [-0.15, -0.1) is 0 Å². The first-order valence-corrected chi connectivity index (χ1v) is 7.62. The number of carboxylic acids is 1. The second-order valence-corrected chi connectivity index (χ2v) is 6.17. The van der Waals surface area contributed by atoms with Crippen molar-refractivity contribution in [3.63, 3.8) is 0 Å². The molecule has 5 nitrogen and oxygen atoms in total. The minimum Gasteiger partial charge on any atom is -0.493 e. The summed E-state index contributed by atoms with van der Waals surface area (Å²) in [7, 11) is 1.21. The van der Waals surface area contributed by atoms with E-state index >= 15 is 0 Å². The summed E-state index contributed by atoms with van der Waals surface area (Å²) < 4.78 is 27.5. The number of carboxylic acid groups (broad SMARTS) is 1. The van der Waals surface area contributed by atoms with E-state index in [0.29, 0.717) is 6.61 Å². The third-order valence-electron chi connectivity index (χ3n) is 2.22. The molecule has 0 saturated carbocycles. The first kappa shape index (κ1) is 14.8. The standard InChI is InChI=1S/C11H13ClO5S/c1-2-3-6-17-10-5-4-8(18(12,15)16)7-9(10)11(13)14/h4-5,7H,2-3,6H2,1H3,(H,13,14). The van der Waals surface area contributed by atoms with Crippen LogP contribution in [0.3, 0.4) is 0 Å². The Hall–Kier alpha value is -1.27. The smallest absolute Gasteiger partial charge is 0.339 e. The van der Waals surface area contributed by atoms with Crippen LogP contribution in [0, 0.1) is 0 Å². The van der Waals surface area contributed by atoms with Crippen molar-refractivity contribution < 1.29 is 23.1 Å². The maximum Gasteiger partial charge on any atom is 0.339 e. The zero-order valence-corrected chi connectivity index (χ0v) is 11.3. The molecule has 7 heteroatoms. The molecule has 0 fully saturated rings. The van der Waals surface area contributed by atoms with Gasteiger partial charge in [0.2, 0.25) is 0 Å². The molecule has 18 heavy (non-hydrogen) atoms. The summed E-state index contributed by atoms with van der Waals surface area (Å²) in [5, 5.41) is 8.99. The second kappa shape index (κ2) is 6.06. The molecule has 1 aromatic carbocycles. The monoisotopic (exact) mass is 292 g/mol. The van der Waals surface area contributed by atoms with Crippen molar-refractivity contribution in [1.82, 2.24) is 0 Å². The van der Waals surface area contributed by atoms with E-state index in [2.05, 4.69) is 0 Å². The van der Waals surface area contributed by atoms with Gasteiger partial charge in [-0.2, -0.15) is 0 Å². The van der Waals surface area contributed by atoms with Crippen LogP contribution in [0.15, 0.2) is 23.1 Å². The Labute approximate surface area is 110 Å².